The summed E-state index contributed by atoms with van der Waals surface area (Å²) in [5, 5.41) is 11.6. The van der Waals surface area contributed by atoms with E-state index in [1.807, 2.05) is 35.2 Å². The number of nitrogens with two attached hydrogens (primary N) is 1. The number of hydrogen-bond donors (Lipinski definition) is 3. The van der Waals surface area contributed by atoms with Gasteiger partial charge in [0.25, 0.3) is 0 Å². The highest BCUT2D eigenvalue weighted by molar-refractivity contribution is 5.62. The van der Waals surface area contributed by atoms with Gasteiger partial charge in [-0.05, 0) is 50.2 Å². The molecule has 0 radical (unpaired) electrons. The van der Waals surface area contributed by atoms with Crippen molar-refractivity contribution in [1.82, 2.24) is 24.6 Å². The van der Waals surface area contributed by atoms with E-state index < -0.39 is 0 Å². The van der Waals surface area contributed by atoms with Crippen LogP contribution in [0.3, 0.4) is 0 Å². The van der Waals surface area contributed by atoms with Crippen LogP contribution in [0.5, 0.6) is 0 Å². The summed E-state index contributed by atoms with van der Waals surface area (Å²) >= 11 is 0. The van der Waals surface area contributed by atoms with Crippen LogP contribution in [0.1, 0.15) is 46.0 Å². The number of fused-ring (bicyclic) bond motifs is 1. The van der Waals surface area contributed by atoms with Crippen LogP contribution in [-0.4, -0.2) is 43.2 Å². The Hall–Kier alpha value is -2.74. The van der Waals surface area contributed by atoms with Gasteiger partial charge in [0, 0.05) is 36.6 Å². The van der Waals surface area contributed by atoms with Gasteiger partial charge in [-0.3, -0.25) is 0 Å². The van der Waals surface area contributed by atoms with E-state index in [1.165, 1.54) is 0 Å². The van der Waals surface area contributed by atoms with Gasteiger partial charge < -0.3 is 16.4 Å². The zero-order valence-electron chi connectivity index (χ0n) is 17.2. The van der Waals surface area contributed by atoms with Gasteiger partial charge in [0.05, 0.1) is 11.9 Å². The predicted molar refractivity (Wildman–Crippen MR) is 116 cm³/mol. The van der Waals surface area contributed by atoms with Crippen molar-refractivity contribution in [2.45, 2.75) is 58.0 Å². The normalized spacial score (nSPS) is 19.6. The first kappa shape index (κ1) is 19.6. The lowest BCUT2D eigenvalue weighted by Crippen LogP contribution is -2.33. The number of anilines is 2. The van der Waals surface area contributed by atoms with E-state index in [0.29, 0.717) is 23.9 Å². The molecule has 1 fully saturated rings. The molecule has 0 amide bonds. The van der Waals surface area contributed by atoms with Crippen LogP contribution in [0.2, 0.25) is 0 Å². The summed E-state index contributed by atoms with van der Waals surface area (Å²) in [6, 6.07) is 4.73. The Morgan fingerprint density at radius 1 is 1.07 bits per heavy atom. The van der Waals surface area contributed by atoms with Crippen molar-refractivity contribution >= 4 is 17.4 Å². The second-order valence-electron chi connectivity index (χ2n) is 8.29. The van der Waals surface area contributed by atoms with E-state index in [9.17, 15) is 0 Å². The van der Waals surface area contributed by atoms with Gasteiger partial charge in [-0.15, -0.1) is 5.10 Å². The first-order valence-electron chi connectivity index (χ1n) is 10.5. The molecule has 0 unspecified atom stereocenters. The Kier molecular flexibility index (Phi) is 5.89. The topological polar surface area (TPSA) is 106 Å². The highest BCUT2D eigenvalue weighted by Crippen LogP contribution is 2.23. The third-order valence-electron chi connectivity index (χ3n) is 5.44. The third kappa shape index (κ3) is 4.82. The van der Waals surface area contributed by atoms with Crippen LogP contribution in [0, 0.1) is 5.92 Å². The molecule has 1 saturated carbocycles. The van der Waals surface area contributed by atoms with Gasteiger partial charge >= 0.3 is 0 Å². The number of rotatable bonds is 7. The fourth-order valence-electron chi connectivity index (χ4n) is 3.64. The van der Waals surface area contributed by atoms with Crippen LogP contribution >= 0.6 is 0 Å². The summed E-state index contributed by atoms with van der Waals surface area (Å²) in [5.74, 6) is 2.15. The molecule has 0 spiro atoms. The number of aromatic nitrogens is 5. The minimum atomic E-state index is 0.339. The van der Waals surface area contributed by atoms with E-state index in [2.05, 4.69) is 39.4 Å². The summed E-state index contributed by atoms with van der Waals surface area (Å²) in [7, 11) is 0. The number of hydrogen-bond acceptors (Lipinski definition) is 7. The average molecular weight is 395 g/mol. The molecule has 8 nitrogen and oxygen atoms in total. The molecule has 154 valence electrons. The van der Waals surface area contributed by atoms with Crippen LogP contribution < -0.4 is 16.4 Å². The molecule has 0 atom stereocenters. The second-order valence-corrected chi connectivity index (χ2v) is 8.29. The molecule has 0 saturated heterocycles. The van der Waals surface area contributed by atoms with E-state index in [-0.39, 0.29) is 0 Å². The smallest absolute Gasteiger partial charge is 0.222 e. The molecule has 1 aliphatic carbocycles. The van der Waals surface area contributed by atoms with E-state index >= 15 is 0 Å². The van der Waals surface area contributed by atoms with Crippen LogP contribution in [0.25, 0.3) is 16.9 Å². The molecule has 8 heteroatoms. The molecule has 4 rings (SSSR count). The molecule has 3 aromatic heterocycles. The number of nitrogens with one attached hydrogen (secondary N) is 2. The Labute approximate surface area is 171 Å². The van der Waals surface area contributed by atoms with Crippen molar-refractivity contribution in [3.05, 3.63) is 30.7 Å². The molecule has 4 N–H and O–H groups in total. The van der Waals surface area contributed by atoms with Gasteiger partial charge in [-0.25, -0.2) is 19.5 Å². The number of nitrogens with zero attached hydrogens (tertiary/aromatic N) is 5. The van der Waals surface area contributed by atoms with Crippen molar-refractivity contribution < 1.29 is 0 Å². The molecule has 0 aliphatic heterocycles. The summed E-state index contributed by atoms with van der Waals surface area (Å²) in [6.45, 7) is 5.28. The lowest BCUT2D eigenvalue weighted by molar-refractivity contribution is 0.410. The van der Waals surface area contributed by atoms with Gasteiger partial charge in [0.1, 0.15) is 5.82 Å². The minimum absolute atomic E-state index is 0.339. The van der Waals surface area contributed by atoms with Crippen molar-refractivity contribution in [1.29, 1.82) is 0 Å². The zero-order chi connectivity index (χ0) is 20.2. The van der Waals surface area contributed by atoms with E-state index in [4.69, 9.17) is 10.8 Å². The Morgan fingerprint density at radius 2 is 1.83 bits per heavy atom. The lowest BCUT2D eigenvalue weighted by Gasteiger charge is -2.27. The standard InChI is InChI=1S/C21H30N8/c1-14(2)9-10-23-21-25-11-15(12-26-21)18-13-24-20-8-7-19(28-29(18)20)27-17-5-3-16(22)4-6-17/h7-8,11-14,16-17H,3-6,9-10,22H2,1-2H3,(H,27,28)(H,23,25,26)/t16-,17-. The highest BCUT2D eigenvalue weighted by Gasteiger charge is 2.19. The Morgan fingerprint density at radius 3 is 2.55 bits per heavy atom. The maximum Gasteiger partial charge on any atom is 0.222 e. The van der Waals surface area contributed by atoms with Gasteiger partial charge in [0.15, 0.2) is 5.65 Å². The summed E-state index contributed by atoms with van der Waals surface area (Å²) in [4.78, 5) is 13.4. The van der Waals surface area contributed by atoms with Gasteiger partial charge in [-0.1, -0.05) is 13.8 Å². The van der Waals surface area contributed by atoms with Crippen LogP contribution in [0.15, 0.2) is 30.7 Å². The van der Waals surface area contributed by atoms with E-state index in [0.717, 1.165) is 61.4 Å². The molecule has 0 bridgehead atoms. The molecule has 3 aromatic rings. The van der Waals surface area contributed by atoms with Crippen molar-refractivity contribution in [3.8, 4) is 11.3 Å². The van der Waals surface area contributed by atoms with Crippen molar-refractivity contribution in [2.24, 2.45) is 11.7 Å². The second kappa shape index (κ2) is 8.73. The van der Waals surface area contributed by atoms with Crippen LogP contribution in [0.4, 0.5) is 11.8 Å². The Bertz CT molecular complexity index is 926. The lowest BCUT2D eigenvalue weighted by atomic mass is 9.92. The Balaban J connectivity index is 1.48. The third-order valence-corrected chi connectivity index (χ3v) is 5.44. The first-order valence-corrected chi connectivity index (χ1v) is 10.5. The summed E-state index contributed by atoms with van der Waals surface area (Å²) < 4.78 is 1.85. The molecule has 3 heterocycles. The first-order chi connectivity index (χ1) is 14.1. The molecular weight excluding hydrogens is 364 g/mol. The molecule has 1 aliphatic rings. The SMILES string of the molecule is CC(C)CCNc1ncc(-c2cnc3ccc(N[C@H]4CC[C@H](N)CC4)nn23)cn1. The maximum absolute atomic E-state index is 6.01. The zero-order valence-corrected chi connectivity index (χ0v) is 17.2. The van der Waals surface area contributed by atoms with Crippen LogP contribution in [-0.2, 0) is 0 Å². The highest BCUT2D eigenvalue weighted by atomic mass is 15.3. The number of imidazole rings is 1. The quantitative estimate of drug-likeness (QED) is 0.564. The maximum atomic E-state index is 6.01. The summed E-state index contributed by atoms with van der Waals surface area (Å²) in [6.07, 6.45) is 10.8. The van der Waals surface area contributed by atoms with E-state index in [1.54, 1.807) is 0 Å². The fraction of sp³-hybridized carbons (Fsp3) is 0.524. The summed E-state index contributed by atoms with van der Waals surface area (Å²) in [5.41, 5.74) is 8.58. The molecular formula is C21H30N8. The molecule has 29 heavy (non-hydrogen) atoms. The predicted octanol–water partition coefficient (Wildman–Crippen LogP) is 3.33. The average Bonchev–Trinajstić information content (AvgIpc) is 3.13. The fourth-order valence-corrected chi connectivity index (χ4v) is 3.64. The van der Waals surface area contributed by atoms with Crippen molar-refractivity contribution in [2.75, 3.05) is 17.2 Å². The van der Waals surface area contributed by atoms with Crippen molar-refractivity contribution in [3.63, 3.8) is 0 Å². The minimum Gasteiger partial charge on any atom is -0.366 e. The molecule has 0 aromatic carbocycles. The monoisotopic (exact) mass is 394 g/mol. The van der Waals surface area contributed by atoms with Gasteiger partial charge in [0.2, 0.25) is 5.95 Å². The van der Waals surface area contributed by atoms with Gasteiger partial charge in [-0.2, -0.15) is 0 Å². The largest absolute Gasteiger partial charge is 0.366 e.